The van der Waals surface area contributed by atoms with Gasteiger partial charge in [0.05, 0.1) is 0 Å². The lowest BCUT2D eigenvalue weighted by atomic mass is 10.2. The second kappa shape index (κ2) is 5.21. The van der Waals surface area contributed by atoms with Crippen LogP contribution >= 0.6 is 0 Å². The summed E-state index contributed by atoms with van der Waals surface area (Å²) in [4.78, 5) is 14.0. The topological polar surface area (TPSA) is 32.3 Å². The monoisotopic (exact) mass is 232 g/mol. The average Bonchev–Trinajstić information content (AvgIpc) is 2.84. The van der Waals surface area contributed by atoms with Crippen LogP contribution in [0.1, 0.15) is 25.3 Å². The molecule has 0 aliphatic carbocycles. The molecule has 1 heterocycles. The SMILES string of the molecule is Cc1ccc(NC(C)C(=O)N2CCCC2)cc1. The number of nitrogens with one attached hydrogen (secondary N) is 1. The molecule has 1 aliphatic heterocycles. The third-order valence-corrected chi connectivity index (χ3v) is 3.22. The van der Waals surface area contributed by atoms with Gasteiger partial charge in [0.25, 0.3) is 0 Å². The van der Waals surface area contributed by atoms with Crippen molar-refractivity contribution in [1.82, 2.24) is 4.90 Å². The van der Waals surface area contributed by atoms with Gasteiger partial charge in [0.1, 0.15) is 6.04 Å². The van der Waals surface area contributed by atoms with E-state index in [9.17, 15) is 4.79 Å². The summed E-state index contributed by atoms with van der Waals surface area (Å²) in [5.74, 6) is 0.211. The number of anilines is 1. The molecule has 2 rings (SSSR count). The number of nitrogens with zero attached hydrogens (tertiary/aromatic N) is 1. The molecule has 0 aromatic heterocycles. The number of carbonyl (C=O) groups is 1. The molecule has 0 saturated carbocycles. The smallest absolute Gasteiger partial charge is 0.244 e. The summed E-state index contributed by atoms with van der Waals surface area (Å²) in [5.41, 5.74) is 2.24. The first-order valence-electron chi connectivity index (χ1n) is 6.29. The van der Waals surface area contributed by atoms with Crippen molar-refractivity contribution in [2.24, 2.45) is 0 Å². The highest BCUT2D eigenvalue weighted by atomic mass is 16.2. The van der Waals surface area contributed by atoms with Gasteiger partial charge in [-0.15, -0.1) is 0 Å². The van der Waals surface area contributed by atoms with Gasteiger partial charge in [-0.2, -0.15) is 0 Å². The third kappa shape index (κ3) is 2.99. The zero-order valence-corrected chi connectivity index (χ0v) is 10.6. The van der Waals surface area contributed by atoms with Gasteiger partial charge in [-0.1, -0.05) is 17.7 Å². The fraction of sp³-hybridized carbons (Fsp3) is 0.500. The molecule has 1 aromatic rings. The maximum absolute atomic E-state index is 12.1. The fourth-order valence-electron chi connectivity index (χ4n) is 2.17. The number of hydrogen-bond donors (Lipinski definition) is 1. The molecule has 1 unspecified atom stereocenters. The summed E-state index contributed by atoms with van der Waals surface area (Å²) in [6.45, 7) is 5.82. The zero-order valence-electron chi connectivity index (χ0n) is 10.6. The Morgan fingerprint density at radius 1 is 1.24 bits per heavy atom. The van der Waals surface area contributed by atoms with Crippen LogP contribution in [0.2, 0.25) is 0 Å². The summed E-state index contributed by atoms with van der Waals surface area (Å²) in [6, 6.07) is 7.99. The number of carbonyl (C=O) groups excluding carboxylic acids is 1. The van der Waals surface area contributed by atoms with Crippen LogP contribution in [0.4, 0.5) is 5.69 Å². The minimum Gasteiger partial charge on any atom is -0.374 e. The fourth-order valence-corrected chi connectivity index (χ4v) is 2.17. The molecule has 0 radical (unpaired) electrons. The van der Waals surface area contributed by atoms with Crippen LogP contribution in [-0.4, -0.2) is 29.9 Å². The average molecular weight is 232 g/mol. The highest BCUT2D eigenvalue weighted by molar-refractivity contribution is 5.84. The van der Waals surface area contributed by atoms with E-state index in [2.05, 4.69) is 24.4 Å². The molecule has 1 atom stereocenters. The van der Waals surface area contributed by atoms with E-state index in [0.29, 0.717) is 0 Å². The van der Waals surface area contributed by atoms with Crippen molar-refractivity contribution >= 4 is 11.6 Å². The van der Waals surface area contributed by atoms with E-state index in [-0.39, 0.29) is 11.9 Å². The molecule has 17 heavy (non-hydrogen) atoms. The molecule has 0 bridgehead atoms. The standard InChI is InChI=1S/C14H20N2O/c1-11-5-7-13(8-6-11)15-12(2)14(17)16-9-3-4-10-16/h5-8,12,15H,3-4,9-10H2,1-2H3. The van der Waals surface area contributed by atoms with E-state index in [0.717, 1.165) is 31.6 Å². The lowest BCUT2D eigenvalue weighted by Gasteiger charge is -2.21. The molecule has 1 aromatic carbocycles. The molecule has 1 saturated heterocycles. The molecular formula is C14H20N2O. The van der Waals surface area contributed by atoms with Gasteiger partial charge >= 0.3 is 0 Å². The molecule has 3 heteroatoms. The van der Waals surface area contributed by atoms with E-state index in [1.54, 1.807) is 0 Å². The van der Waals surface area contributed by atoms with Crippen LogP contribution in [0, 0.1) is 6.92 Å². The van der Waals surface area contributed by atoms with Crippen LogP contribution in [0.25, 0.3) is 0 Å². The second-order valence-electron chi connectivity index (χ2n) is 4.76. The Balaban J connectivity index is 1.93. The third-order valence-electron chi connectivity index (χ3n) is 3.22. The van der Waals surface area contributed by atoms with Gasteiger partial charge in [-0.05, 0) is 38.8 Å². The minimum atomic E-state index is -0.143. The van der Waals surface area contributed by atoms with Crippen molar-refractivity contribution in [3.63, 3.8) is 0 Å². The predicted molar refractivity (Wildman–Crippen MR) is 70.1 cm³/mol. The summed E-state index contributed by atoms with van der Waals surface area (Å²) in [6.07, 6.45) is 2.28. The molecule has 1 fully saturated rings. The Labute approximate surface area is 103 Å². The maximum Gasteiger partial charge on any atom is 0.244 e. The van der Waals surface area contributed by atoms with Crippen molar-refractivity contribution in [3.05, 3.63) is 29.8 Å². The summed E-state index contributed by atoms with van der Waals surface area (Å²) in [7, 11) is 0. The van der Waals surface area contributed by atoms with E-state index < -0.39 is 0 Å². The first-order chi connectivity index (χ1) is 8.16. The number of amides is 1. The summed E-state index contributed by atoms with van der Waals surface area (Å²) in [5, 5.41) is 3.25. The molecule has 1 amide bonds. The summed E-state index contributed by atoms with van der Waals surface area (Å²) < 4.78 is 0. The number of aryl methyl sites for hydroxylation is 1. The first kappa shape index (κ1) is 12.0. The minimum absolute atomic E-state index is 0.143. The van der Waals surface area contributed by atoms with Gasteiger partial charge in [-0.3, -0.25) is 4.79 Å². The van der Waals surface area contributed by atoms with E-state index in [4.69, 9.17) is 0 Å². The van der Waals surface area contributed by atoms with Crippen molar-refractivity contribution < 1.29 is 4.79 Å². The van der Waals surface area contributed by atoms with Gasteiger partial charge in [0, 0.05) is 18.8 Å². The maximum atomic E-state index is 12.1. The van der Waals surface area contributed by atoms with Crippen LogP contribution in [0.3, 0.4) is 0 Å². The largest absolute Gasteiger partial charge is 0.374 e. The Bertz CT molecular complexity index is 380. The van der Waals surface area contributed by atoms with Crippen LogP contribution in [0.5, 0.6) is 0 Å². The molecule has 92 valence electrons. The van der Waals surface area contributed by atoms with Crippen LogP contribution < -0.4 is 5.32 Å². The van der Waals surface area contributed by atoms with Gasteiger partial charge in [0.15, 0.2) is 0 Å². The number of likely N-dealkylation sites (tertiary alicyclic amines) is 1. The number of hydrogen-bond acceptors (Lipinski definition) is 2. The molecule has 1 aliphatic rings. The van der Waals surface area contributed by atoms with Crippen molar-refractivity contribution in [3.8, 4) is 0 Å². The number of benzene rings is 1. The Kier molecular flexibility index (Phi) is 3.67. The molecule has 0 spiro atoms. The predicted octanol–water partition coefficient (Wildman–Crippen LogP) is 2.42. The van der Waals surface area contributed by atoms with Gasteiger partial charge in [0.2, 0.25) is 5.91 Å². The molecule has 3 nitrogen and oxygen atoms in total. The van der Waals surface area contributed by atoms with Crippen molar-refractivity contribution in [2.75, 3.05) is 18.4 Å². The molecular weight excluding hydrogens is 212 g/mol. The lowest BCUT2D eigenvalue weighted by molar-refractivity contribution is -0.130. The van der Waals surface area contributed by atoms with Crippen LogP contribution in [-0.2, 0) is 4.79 Å². The molecule has 1 N–H and O–H groups in total. The van der Waals surface area contributed by atoms with Crippen molar-refractivity contribution in [1.29, 1.82) is 0 Å². The Morgan fingerprint density at radius 2 is 1.82 bits per heavy atom. The van der Waals surface area contributed by atoms with Crippen molar-refractivity contribution in [2.45, 2.75) is 32.7 Å². The summed E-state index contributed by atoms with van der Waals surface area (Å²) >= 11 is 0. The second-order valence-corrected chi connectivity index (χ2v) is 4.76. The number of rotatable bonds is 3. The van der Waals surface area contributed by atoms with E-state index in [1.807, 2.05) is 24.0 Å². The van der Waals surface area contributed by atoms with E-state index >= 15 is 0 Å². The highest BCUT2D eigenvalue weighted by Crippen LogP contribution is 2.13. The van der Waals surface area contributed by atoms with Gasteiger partial charge in [-0.25, -0.2) is 0 Å². The zero-order chi connectivity index (χ0) is 12.3. The normalized spacial score (nSPS) is 16.9. The quantitative estimate of drug-likeness (QED) is 0.868. The van der Waals surface area contributed by atoms with E-state index in [1.165, 1.54) is 5.56 Å². The van der Waals surface area contributed by atoms with Gasteiger partial charge < -0.3 is 10.2 Å². The first-order valence-corrected chi connectivity index (χ1v) is 6.29. The Hall–Kier alpha value is -1.51. The Morgan fingerprint density at radius 3 is 2.41 bits per heavy atom. The van der Waals surface area contributed by atoms with Crippen LogP contribution in [0.15, 0.2) is 24.3 Å². The lowest BCUT2D eigenvalue weighted by Crippen LogP contribution is -2.39. The highest BCUT2D eigenvalue weighted by Gasteiger charge is 2.22.